The van der Waals surface area contributed by atoms with Crippen LogP contribution in [0.1, 0.15) is 41.5 Å². The van der Waals surface area contributed by atoms with Gasteiger partial charge in [0.05, 0.1) is 19.4 Å². The molecule has 0 aromatic carbocycles. The highest BCUT2D eigenvalue weighted by molar-refractivity contribution is 6.92. The lowest BCUT2D eigenvalue weighted by Crippen LogP contribution is -2.62. The maximum Gasteiger partial charge on any atom is 0.122 e. The van der Waals surface area contributed by atoms with Crippen LogP contribution in [0.4, 0.5) is 0 Å². The van der Waals surface area contributed by atoms with E-state index in [1.54, 1.807) is 11.3 Å². The van der Waals surface area contributed by atoms with Crippen LogP contribution in [-0.4, -0.2) is 52.0 Å². The van der Waals surface area contributed by atoms with Crippen molar-refractivity contribution >= 4 is 48.1 Å². The summed E-state index contributed by atoms with van der Waals surface area (Å²) in [7, 11) is 1.95. The average molecular weight is 322 g/mol. The Labute approximate surface area is 121 Å². The van der Waals surface area contributed by atoms with Crippen LogP contribution in [-0.2, 0) is 0 Å². The lowest BCUT2D eigenvalue weighted by atomic mass is 10.5. The molecule has 0 fully saturated rings. The van der Waals surface area contributed by atoms with Gasteiger partial charge in [0.2, 0.25) is 0 Å². The lowest BCUT2D eigenvalue weighted by Gasteiger charge is -2.52. The van der Waals surface area contributed by atoms with Crippen LogP contribution in [0, 0.1) is 0 Å². The van der Waals surface area contributed by atoms with Gasteiger partial charge >= 0.3 is 0 Å². The van der Waals surface area contributed by atoms with Gasteiger partial charge in [-0.1, -0.05) is 52.9 Å². The van der Waals surface area contributed by atoms with Gasteiger partial charge in [0.1, 0.15) is 8.24 Å². The second kappa shape index (κ2) is 8.26. The first kappa shape index (κ1) is 18.0. The van der Waals surface area contributed by atoms with Crippen LogP contribution in [0.15, 0.2) is 0 Å². The maximum absolute atomic E-state index is 3.26. The van der Waals surface area contributed by atoms with E-state index in [-0.39, 0.29) is 19.4 Å². The summed E-state index contributed by atoms with van der Waals surface area (Å²) in [6, 6.07) is 0. The molecule has 0 aromatic heterocycles. The molecule has 0 amide bonds. The van der Waals surface area contributed by atoms with Crippen LogP contribution in [0.5, 0.6) is 0 Å². The Balaban J connectivity index is 5.35. The van der Waals surface area contributed by atoms with Gasteiger partial charge in [-0.3, -0.25) is 0 Å². The van der Waals surface area contributed by atoms with Gasteiger partial charge in [-0.05, 0) is 16.6 Å². The smallest absolute Gasteiger partial charge is 0.122 e. The zero-order valence-corrected chi connectivity index (χ0v) is 21.3. The van der Waals surface area contributed by atoms with Gasteiger partial charge in [0.25, 0.3) is 0 Å². The molecule has 0 heterocycles. The van der Waals surface area contributed by atoms with E-state index in [9.17, 15) is 0 Å². The molecule has 1 nitrogen and oxygen atoms in total. The van der Waals surface area contributed by atoms with Crippen molar-refractivity contribution < 1.29 is 0 Å². The Kier molecular flexibility index (Phi) is 8.77. The molecule has 0 aliphatic rings. The van der Waals surface area contributed by atoms with E-state index in [1.165, 1.54) is 20.5 Å². The van der Waals surface area contributed by atoms with Gasteiger partial charge in [0, 0.05) is 20.5 Å². The molecule has 0 radical (unpaired) electrons. The summed E-state index contributed by atoms with van der Waals surface area (Å²) in [6.07, 6.45) is 0. The highest BCUT2D eigenvalue weighted by Crippen LogP contribution is 2.43. The molecule has 0 aliphatic heterocycles. The first-order valence-electron chi connectivity index (χ1n) is 7.60. The third-order valence-electron chi connectivity index (χ3n) is 4.31. The van der Waals surface area contributed by atoms with Gasteiger partial charge in [-0.15, -0.1) is 0 Å². The van der Waals surface area contributed by atoms with Gasteiger partial charge < -0.3 is 3.90 Å². The molecular formula is C11H35NSi5. The Morgan fingerprint density at radius 1 is 0.824 bits per heavy atom. The minimum atomic E-state index is -1.20. The molecule has 0 aromatic rings. The molecule has 0 atom stereocenters. The van der Waals surface area contributed by atoms with Crippen molar-refractivity contribution in [1.82, 2.24) is 3.90 Å². The molecule has 0 rings (SSSR count). The van der Waals surface area contributed by atoms with Gasteiger partial charge in [-0.25, -0.2) is 0 Å². The SMILES string of the molecule is CC(C)[Si](C(C)C)(C(C)C)N([SiH2]C[SiH3])[SiH2]C[SiH3]. The van der Waals surface area contributed by atoms with Crippen molar-refractivity contribution in [3.63, 3.8) is 0 Å². The summed E-state index contributed by atoms with van der Waals surface area (Å²) in [5.74, 6) is 0. The van der Waals surface area contributed by atoms with Crippen LogP contribution in [0.2, 0.25) is 28.0 Å². The second-order valence-corrected chi connectivity index (χ2v) is 24.8. The topological polar surface area (TPSA) is 3.24 Å². The maximum atomic E-state index is 3.26. The first-order valence-corrected chi connectivity index (χ1v) is 15.9. The molecule has 17 heavy (non-hydrogen) atoms. The average Bonchev–Trinajstić information content (AvgIpc) is 2.17. The largest absolute Gasteiger partial charge is 0.377 e. The molecule has 0 aliphatic carbocycles. The summed E-state index contributed by atoms with van der Waals surface area (Å²) in [5.41, 5.74) is 6.09. The second-order valence-electron chi connectivity index (χ2n) is 6.34. The third-order valence-corrected chi connectivity index (χ3v) is 22.1. The monoisotopic (exact) mass is 321 g/mol. The van der Waals surface area contributed by atoms with E-state index in [1.807, 2.05) is 0 Å². The highest BCUT2D eigenvalue weighted by Gasteiger charge is 2.46. The van der Waals surface area contributed by atoms with E-state index in [4.69, 9.17) is 0 Å². The fourth-order valence-corrected chi connectivity index (χ4v) is 34.9. The van der Waals surface area contributed by atoms with Crippen LogP contribution >= 0.6 is 0 Å². The number of hydrogen-bond acceptors (Lipinski definition) is 1. The van der Waals surface area contributed by atoms with Crippen LogP contribution < -0.4 is 0 Å². The summed E-state index contributed by atoms with van der Waals surface area (Å²) in [6.45, 7) is 15.2. The van der Waals surface area contributed by atoms with E-state index in [0.717, 1.165) is 16.6 Å². The Bertz CT molecular complexity index is 180. The van der Waals surface area contributed by atoms with Gasteiger partial charge in [0.15, 0.2) is 0 Å². The van der Waals surface area contributed by atoms with Crippen molar-refractivity contribution in [3.05, 3.63) is 0 Å². The zero-order chi connectivity index (χ0) is 13.6. The third kappa shape index (κ3) is 4.00. The fourth-order valence-electron chi connectivity index (χ4n) is 4.13. The minimum Gasteiger partial charge on any atom is -0.377 e. The molecule has 6 heteroatoms. The van der Waals surface area contributed by atoms with Gasteiger partial charge in [-0.2, -0.15) is 0 Å². The number of hydrogen-bond donors (Lipinski definition) is 0. The van der Waals surface area contributed by atoms with Crippen molar-refractivity contribution in [2.75, 3.05) is 0 Å². The highest BCUT2D eigenvalue weighted by atomic mass is 28.4. The van der Waals surface area contributed by atoms with Crippen LogP contribution in [0.3, 0.4) is 0 Å². The fraction of sp³-hybridized carbons (Fsp3) is 1.00. The van der Waals surface area contributed by atoms with E-state index in [0.29, 0.717) is 0 Å². The Morgan fingerprint density at radius 3 is 1.29 bits per heavy atom. The Hall–Kier alpha value is 1.04. The quantitative estimate of drug-likeness (QED) is 0.574. The van der Waals surface area contributed by atoms with E-state index < -0.39 is 8.24 Å². The zero-order valence-electron chi connectivity index (χ0n) is 13.5. The molecule has 0 saturated heterocycles. The van der Waals surface area contributed by atoms with Crippen molar-refractivity contribution in [2.45, 2.75) is 69.5 Å². The summed E-state index contributed by atoms with van der Waals surface area (Å²) in [5, 5.41) is 0. The predicted molar refractivity (Wildman–Crippen MR) is 99.5 cm³/mol. The summed E-state index contributed by atoms with van der Waals surface area (Å²) in [4.78, 5) is 0. The molecule has 0 spiro atoms. The molecule has 104 valence electrons. The lowest BCUT2D eigenvalue weighted by molar-refractivity contribution is 0.723. The van der Waals surface area contributed by atoms with Crippen molar-refractivity contribution in [1.29, 1.82) is 0 Å². The molecule has 0 bridgehead atoms. The normalized spacial score (nSPS) is 15.2. The van der Waals surface area contributed by atoms with Crippen LogP contribution in [0.25, 0.3) is 0 Å². The minimum absolute atomic E-state index is 0.133. The standard InChI is InChI=1S/C11H35NSi5/c1-9(2)17(10(3)4,11(5)6)12(15-7-13)16-8-14/h9-11H,7-8,15-16H2,1-6,13-14H3. The number of rotatable bonds is 8. The predicted octanol–water partition coefficient (Wildman–Crippen LogP) is 0.114. The number of nitrogens with zero attached hydrogens (tertiary/aromatic N) is 1. The first-order chi connectivity index (χ1) is 7.85. The molecule has 0 unspecified atom stereocenters. The van der Waals surface area contributed by atoms with E-state index in [2.05, 4.69) is 45.4 Å². The van der Waals surface area contributed by atoms with Crippen molar-refractivity contribution in [2.24, 2.45) is 0 Å². The molecule has 0 N–H and O–H groups in total. The summed E-state index contributed by atoms with van der Waals surface area (Å²) >= 11 is 0. The Morgan fingerprint density at radius 2 is 1.12 bits per heavy atom. The van der Waals surface area contributed by atoms with E-state index >= 15 is 0 Å². The molecular weight excluding hydrogens is 287 g/mol. The summed E-state index contributed by atoms with van der Waals surface area (Å²) < 4.78 is 3.26. The van der Waals surface area contributed by atoms with Crippen molar-refractivity contribution in [3.8, 4) is 0 Å². The molecule has 0 saturated carbocycles.